The number of nitrogens with one attached hydrogen (secondary N) is 1. The molecule has 1 amide bonds. The minimum absolute atomic E-state index is 0.0333. The normalized spacial score (nSPS) is 13.4. The summed E-state index contributed by atoms with van der Waals surface area (Å²) in [5, 5.41) is 13.6. The third-order valence-electron chi connectivity index (χ3n) is 3.53. The van der Waals surface area contributed by atoms with E-state index in [1.807, 2.05) is 0 Å². The fourth-order valence-electron chi connectivity index (χ4n) is 2.21. The van der Waals surface area contributed by atoms with Gasteiger partial charge in [0.25, 0.3) is 0 Å². The van der Waals surface area contributed by atoms with E-state index in [1.165, 1.54) is 7.11 Å². The van der Waals surface area contributed by atoms with Crippen LogP contribution in [0.2, 0.25) is 5.02 Å². The number of amides is 1. The predicted octanol–water partition coefficient (Wildman–Crippen LogP) is 2.82. The van der Waals surface area contributed by atoms with Crippen LogP contribution < -0.4 is 10.1 Å². The lowest BCUT2D eigenvalue weighted by Gasteiger charge is -2.21. The van der Waals surface area contributed by atoms with Crippen LogP contribution in [0.5, 0.6) is 5.75 Å². The van der Waals surface area contributed by atoms with Crippen LogP contribution in [0.4, 0.5) is 0 Å². The van der Waals surface area contributed by atoms with Gasteiger partial charge in [-0.15, -0.1) is 0 Å². The summed E-state index contributed by atoms with van der Waals surface area (Å²) in [6.45, 7) is 3.41. The van der Waals surface area contributed by atoms with Gasteiger partial charge in [0.2, 0.25) is 5.91 Å². The lowest BCUT2D eigenvalue weighted by Crippen LogP contribution is -2.39. The van der Waals surface area contributed by atoms with E-state index in [4.69, 9.17) is 20.8 Å². The van der Waals surface area contributed by atoms with Crippen molar-refractivity contribution in [1.29, 1.82) is 0 Å². The van der Waals surface area contributed by atoms with E-state index in [2.05, 4.69) is 5.32 Å². The Labute approximate surface area is 140 Å². The highest BCUT2D eigenvalue weighted by Gasteiger charge is 2.27. The number of methoxy groups -OCH3 is 1. The van der Waals surface area contributed by atoms with Crippen molar-refractivity contribution in [2.24, 2.45) is 0 Å². The highest BCUT2D eigenvalue weighted by atomic mass is 35.5. The topological polar surface area (TPSA) is 71.7 Å². The van der Waals surface area contributed by atoms with Crippen LogP contribution in [-0.4, -0.2) is 24.7 Å². The zero-order valence-electron chi connectivity index (χ0n) is 13.4. The first-order chi connectivity index (χ1) is 10.8. The Kier molecular flexibility index (Phi) is 5.34. The average molecular weight is 338 g/mol. The molecule has 1 unspecified atom stereocenters. The first-order valence-electron chi connectivity index (χ1n) is 7.21. The zero-order valence-corrected chi connectivity index (χ0v) is 14.1. The van der Waals surface area contributed by atoms with E-state index < -0.39 is 5.60 Å². The van der Waals surface area contributed by atoms with Crippen molar-refractivity contribution in [2.75, 3.05) is 13.7 Å². The van der Waals surface area contributed by atoms with Crippen molar-refractivity contribution in [2.45, 2.75) is 25.9 Å². The number of furan rings is 1. The van der Waals surface area contributed by atoms with Gasteiger partial charge in [-0.05, 0) is 38.1 Å². The second-order valence-corrected chi connectivity index (χ2v) is 5.97. The van der Waals surface area contributed by atoms with Gasteiger partial charge in [0.05, 0.1) is 20.1 Å². The largest absolute Gasteiger partial charge is 0.496 e. The number of aliphatic hydroxyl groups is 1. The fourth-order valence-corrected chi connectivity index (χ4v) is 2.44. The van der Waals surface area contributed by atoms with Gasteiger partial charge < -0.3 is 19.6 Å². The number of ether oxygens (including phenoxy) is 1. The molecule has 2 rings (SSSR count). The molecule has 5 nitrogen and oxygen atoms in total. The molecule has 0 aliphatic heterocycles. The maximum atomic E-state index is 12.1. The van der Waals surface area contributed by atoms with Crippen LogP contribution in [0.3, 0.4) is 0 Å². The SMILES string of the molecule is COc1cccc(Cl)c1CC(=O)NCC(C)(O)c1ccc(C)o1. The molecular formula is C17H20ClNO4. The number of aryl methyl sites for hydroxylation is 1. The molecule has 6 heteroatoms. The summed E-state index contributed by atoms with van der Waals surface area (Å²) in [6.07, 6.45) is 0.0656. The van der Waals surface area contributed by atoms with Gasteiger partial charge in [0.1, 0.15) is 22.9 Å². The molecule has 23 heavy (non-hydrogen) atoms. The number of hydrogen-bond acceptors (Lipinski definition) is 4. The summed E-state index contributed by atoms with van der Waals surface area (Å²) in [4.78, 5) is 12.1. The van der Waals surface area contributed by atoms with Crippen molar-refractivity contribution in [3.63, 3.8) is 0 Å². The molecule has 1 atom stereocenters. The Morgan fingerprint density at radius 3 is 2.74 bits per heavy atom. The van der Waals surface area contributed by atoms with E-state index in [9.17, 15) is 9.90 Å². The molecule has 0 bridgehead atoms. The quantitative estimate of drug-likeness (QED) is 0.850. The van der Waals surface area contributed by atoms with E-state index in [0.717, 1.165) is 0 Å². The zero-order chi connectivity index (χ0) is 17.0. The number of carbonyl (C=O) groups excluding carboxylic acids is 1. The molecule has 0 spiro atoms. The molecule has 0 saturated carbocycles. The average Bonchev–Trinajstić information content (AvgIpc) is 2.95. The van der Waals surface area contributed by atoms with Gasteiger partial charge in [0.15, 0.2) is 0 Å². The summed E-state index contributed by atoms with van der Waals surface area (Å²) >= 11 is 6.12. The minimum Gasteiger partial charge on any atom is -0.496 e. The molecule has 124 valence electrons. The summed E-state index contributed by atoms with van der Waals surface area (Å²) in [5.74, 6) is 1.40. The van der Waals surface area contributed by atoms with Crippen LogP contribution in [0, 0.1) is 6.92 Å². The third kappa shape index (κ3) is 4.27. The van der Waals surface area contributed by atoms with Crippen molar-refractivity contribution in [1.82, 2.24) is 5.32 Å². The second kappa shape index (κ2) is 7.06. The van der Waals surface area contributed by atoms with Gasteiger partial charge in [0, 0.05) is 10.6 Å². The van der Waals surface area contributed by atoms with Gasteiger partial charge in [-0.1, -0.05) is 17.7 Å². The summed E-state index contributed by atoms with van der Waals surface area (Å²) in [6, 6.07) is 8.66. The third-order valence-corrected chi connectivity index (χ3v) is 3.89. The smallest absolute Gasteiger partial charge is 0.224 e. The van der Waals surface area contributed by atoms with Gasteiger partial charge in [-0.25, -0.2) is 0 Å². The molecule has 1 aromatic carbocycles. The number of carbonyl (C=O) groups is 1. The van der Waals surface area contributed by atoms with Gasteiger partial charge in [-0.3, -0.25) is 4.79 Å². The van der Waals surface area contributed by atoms with Crippen molar-refractivity contribution in [3.05, 3.63) is 52.4 Å². The molecule has 0 radical (unpaired) electrons. The minimum atomic E-state index is -1.28. The molecule has 1 heterocycles. The molecule has 0 aliphatic rings. The lowest BCUT2D eigenvalue weighted by atomic mass is 10.0. The lowest BCUT2D eigenvalue weighted by molar-refractivity contribution is -0.121. The van der Waals surface area contributed by atoms with E-state index >= 15 is 0 Å². The van der Waals surface area contributed by atoms with Crippen LogP contribution in [0.15, 0.2) is 34.7 Å². The van der Waals surface area contributed by atoms with Crippen molar-refractivity contribution in [3.8, 4) is 5.75 Å². The maximum Gasteiger partial charge on any atom is 0.224 e. The maximum absolute atomic E-state index is 12.1. The molecule has 0 saturated heterocycles. The summed E-state index contributed by atoms with van der Waals surface area (Å²) < 4.78 is 10.6. The van der Waals surface area contributed by atoms with Gasteiger partial charge in [-0.2, -0.15) is 0 Å². The molecule has 1 aromatic heterocycles. The Hall–Kier alpha value is -1.98. The Morgan fingerprint density at radius 2 is 2.13 bits per heavy atom. The molecule has 2 aromatic rings. The Balaban J connectivity index is 2.01. The molecule has 0 fully saturated rings. The highest BCUT2D eigenvalue weighted by molar-refractivity contribution is 6.31. The predicted molar refractivity (Wildman–Crippen MR) is 87.7 cm³/mol. The van der Waals surface area contributed by atoms with Crippen molar-refractivity contribution >= 4 is 17.5 Å². The molecule has 2 N–H and O–H groups in total. The van der Waals surface area contributed by atoms with Crippen LogP contribution in [-0.2, 0) is 16.8 Å². The van der Waals surface area contributed by atoms with Crippen LogP contribution in [0.25, 0.3) is 0 Å². The number of halogens is 1. The van der Waals surface area contributed by atoms with Gasteiger partial charge >= 0.3 is 0 Å². The van der Waals surface area contributed by atoms with E-state index in [-0.39, 0.29) is 18.9 Å². The number of rotatable bonds is 6. The summed E-state index contributed by atoms with van der Waals surface area (Å²) in [7, 11) is 1.52. The summed E-state index contributed by atoms with van der Waals surface area (Å²) in [5.41, 5.74) is -0.670. The fraction of sp³-hybridized carbons (Fsp3) is 0.353. The second-order valence-electron chi connectivity index (χ2n) is 5.56. The number of hydrogen-bond donors (Lipinski definition) is 2. The van der Waals surface area contributed by atoms with Crippen LogP contribution in [0.1, 0.15) is 24.0 Å². The van der Waals surface area contributed by atoms with Crippen molar-refractivity contribution < 1.29 is 19.1 Å². The molecule has 0 aliphatic carbocycles. The van der Waals surface area contributed by atoms with Crippen LogP contribution >= 0.6 is 11.6 Å². The first kappa shape index (κ1) is 17.4. The first-order valence-corrected chi connectivity index (χ1v) is 7.58. The Morgan fingerprint density at radius 1 is 1.39 bits per heavy atom. The van der Waals surface area contributed by atoms with E-state index in [0.29, 0.717) is 27.9 Å². The monoisotopic (exact) mass is 337 g/mol. The van der Waals surface area contributed by atoms with E-state index in [1.54, 1.807) is 44.2 Å². The highest BCUT2D eigenvalue weighted by Crippen LogP contribution is 2.27. The standard InChI is InChI=1S/C17H20ClNO4/c1-11-7-8-15(23-11)17(2,21)10-19-16(20)9-12-13(18)5-4-6-14(12)22-3/h4-8,21H,9-10H2,1-3H3,(H,19,20). The number of benzene rings is 1. The Bertz CT molecular complexity index is 694. The molecular weight excluding hydrogens is 318 g/mol.